The van der Waals surface area contributed by atoms with Crippen molar-refractivity contribution in [3.8, 4) is 11.5 Å². The Morgan fingerprint density at radius 1 is 1.17 bits per heavy atom. The number of benzene rings is 1. The molecule has 13 heteroatoms. The van der Waals surface area contributed by atoms with Crippen molar-refractivity contribution in [2.45, 2.75) is 31.0 Å². The van der Waals surface area contributed by atoms with Crippen LogP contribution in [0, 0.1) is 0 Å². The molecule has 0 saturated carbocycles. The number of aromatic nitrogens is 4. The maximum Gasteiger partial charge on any atom is 0.417 e. The standard InChI is InChI=1S/C17H14Cl2F3N5O2S/c1-9(2)27-8-24-25-16(27)15-14(5-10(18)7-23-15)26-30(28,29)11-3-4-13(19)12(6-11)17(20,21)22/h3-9,26H,1-2H3. The molecular formula is C17H14Cl2F3N5O2S. The van der Waals surface area contributed by atoms with Gasteiger partial charge in [0.15, 0.2) is 5.82 Å². The monoisotopic (exact) mass is 479 g/mol. The van der Waals surface area contributed by atoms with Gasteiger partial charge in [0.25, 0.3) is 10.0 Å². The zero-order valence-corrected chi connectivity index (χ0v) is 17.8. The van der Waals surface area contributed by atoms with Crippen molar-refractivity contribution in [1.82, 2.24) is 19.7 Å². The Balaban J connectivity index is 2.09. The Hall–Kier alpha value is -2.37. The fourth-order valence-electron chi connectivity index (χ4n) is 2.58. The molecule has 1 aromatic carbocycles. The van der Waals surface area contributed by atoms with Gasteiger partial charge in [-0.3, -0.25) is 4.72 Å². The fraction of sp³-hybridized carbons (Fsp3) is 0.235. The first kappa shape index (κ1) is 22.3. The van der Waals surface area contributed by atoms with E-state index in [-0.39, 0.29) is 28.3 Å². The zero-order valence-electron chi connectivity index (χ0n) is 15.4. The first-order valence-corrected chi connectivity index (χ1v) is 10.6. The molecule has 7 nitrogen and oxygen atoms in total. The molecule has 0 bridgehead atoms. The Morgan fingerprint density at radius 3 is 2.50 bits per heavy atom. The Bertz CT molecular complexity index is 1200. The van der Waals surface area contributed by atoms with E-state index in [0.717, 1.165) is 12.1 Å². The normalized spacial score (nSPS) is 12.4. The van der Waals surface area contributed by atoms with Crippen LogP contribution in [-0.4, -0.2) is 28.2 Å². The number of nitrogens with one attached hydrogen (secondary N) is 1. The minimum Gasteiger partial charge on any atom is -0.310 e. The lowest BCUT2D eigenvalue weighted by Gasteiger charge is -2.15. The highest BCUT2D eigenvalue weighted by Gasteiger charge is 2.34. The highest BCUT2D eigenvalue weighted by Crippen LogP contribution is 2.37. The highest BCUT2D eigenvalue weighted by molar-refractivity contribution is 7.92. The number of halogens is 5. The molecule has 1 N–H and O–H groups in total. The quantitative estimate of drug-likeness (QED) is 0.552. The summed E-state index contributed by atoms with van der Waals surface area (Å²) in [4.78, 5) is 3.50. The van der Waals surface area contributed by atoms with E-state index in [0.29, 0.717) is 6.07 Å². The molecule has 30 heavy (non-hydrogen) atoms. The summed E-state index contributed by atoms with van der Waals surface area (Å²) in [5.74, 6) is 0.256. The van der Waals surface area contributed by atoms with Crippen molar-refractivity contribution < 1.29 is 21.6 Å². The molecule has 0 spiro atoms. The summed E-state index contributed by atoms with van der Waals surface area (Å²) < 4.78 is 68.9. The van der Waals surface area contributed by atoms with Crippen molar-refractivity contribution in [2.24, 2.45) is 0 Å². The molecule has 0 atom stereocenters. The highest BCUT2D eigenvalue weighted by atomic mass is 35.5. The van der Waals surface area contributed by atoms with E-state index in [1.165, 1.54) is 18.6 Å². The Kier molecular flexibility index (Phi) is 5.99. The van der Waals surface area contributed by atoms with Crippen LogP contribution in [0.15, 0.2) is 41.7 Å². The van der Waals surface area contributed by atoms with Crippen LogP contribution in [0.2, 0.25) is 10.0 Å². The number of anilines is 1. The number of nitrogens with zero attached hydrogens (tertiary/aromatic N) is 4. The number of hydrogen-bond donors (Lipinski definition) is 1. The number of hydrogen-bond acceptors (Lipinski definition) is 5. The van der Waals surface area contributed by atoms with Gasteiger partial charge in [-0.05, 0) is 38.1 Å². The summed E-state index contributed by atoms with van der Waals surface area (Å²) >= 11 is 11.5. The van der Waals surface area contributed by atoms with Gasteiger partial charge in [0, 0.05) is 12.2 Å². The summed E-state index contributed by atoms with van der Waals surface area (Å²) in [7, 11) is -4.44. The molecule has 0 aliphatic heterocycles. The van der Waals surface area contributed by atoms with Crippen LogP contribution in [0.5, 0.6) is 0 Å². The number of rotatable bonds is 5. The average Bonchev–Trinajstić information content (AvgIpc) is 3.10. The summed E-state index contributed by atoms with van der Waals surface area (Å²) in [5.41, 5.74) is -1.23. The van der Waals surface area contributed by atoms with Gasteiger partial charge in [-0.2, -0.15) is 13.2 Å². The van der Waals surface area contributed by atoms with Crippen molar-refractivity contribution in [3.05, 3.63) is 52.4 Å². The van der Waals surface area contributed by atoms with Crippen molar-refractivity contribution in [1.29, 1.82) is 0 Å². The van der Waals surface area contributed by atoms with Crippen molar-refractivity contribution in [2.75, 3.05) is 4.72 Å². The van der Waals surface area contributed by atoms with Gasteiger partial charge in [0.1, 0.15) is 12.0 Å². The van der Waals surface area contributed by atoms with Crippen LogP contribution in [0.25, 0.3) is 11.5 Å². The molecule has 160 valence electrons. The minimum atomic E-state index is -4.82. The third-order valence-corrected chi connectivity index (χ3v) is 5.89. The van der Waals surface area contributed by atoms with Crippen LogP contribution in [-0.2, 0) is 16.2 Å². The van der Waals surface area contributed by atoms with Crippen LogP contribution < -0.4 is 4.72 Å². The number of sulfonamides is 1. The molecule has 0 amide bonds. The van der Waals surface area contributed by atoms with Crippen LogP contribution in [0.4, 0.5) is 18.9 Å². The summed E-state index contributed by atoms with van der Waals surface area (Å²) in [6.45, 7) is 3.72. The summed E-state index contributed by atoms with van der Waals surface area (Å²) in [6.07, 6.45) is -2.08. The second-order valence-corrected chi connectivity index (χ2v) is 8.98. The van der Waals surface area contributed by atoms with Gasteiger partial charge < -0.3 is 4.57 Å². The molecule has 3 aromatic rings. The smallest absolute Gasteiger partial charge is 0.310 e. The molecule has 3 rings (SSSR count). The van der Waals surface area contributed by atoms with E-state index < -0.39 is 31.7 Å². The van der Waals surface area contributed by atoms with Gasteiger partial charge in [0.2, 0.25) is 0 Å². The second-order valence-electron chi connectivity index (χ2n) is 6.45. The van der Waals surface area contributed by atoms with Crippen molar-refractivity contribution >= 4 is 38.9 Å². The lowest BCUT2D eigenvalue weighted by molar-refractivity contribution is -0.137. The van der Waals surface area contributed by atoms with E-state index in [1.807, 2.05) is 13.8 Å². The van der Waals surface area contributed by atoms with E-state index in [9.17, 15) is 21.6 Å². The van der Waals surface area contributed by atoms with E-state index in [2.05, 4.69) is 19.9 Å². The molecule has 0 aliphatic carbocycles. The molecule has 0 saturated heterocycles. The zero-order chi connectivity index (χ0) is 22.3. The van der Waals surface area contributed by atoms with Gasteiger partial charge in [-0.15, -0.1) is 10.2 Å². The third-order valence-electron chi connectivity index (χ3n) is 3.99. The molecule has 2 aromatic heterocycles. The summed E-state index contributed by atoms with van der Waals surface area (Å²) in [5, 5.41) is 7.27. The average molecular weight is 480 g/mol. The third kappa shape index (κ3) is 4.52. The first-order chi connectivity index (χ1) is 13.9. The van der Waals surface area contributed by atoms with Crippen molar-refractivity contribution in [3.63, 3.8) is 0 Å². The number of alkyl halides is 3. The van der Waals surface area contributed by atoms with E-state index in [4.69, 9.17) is 23.2 Å². The van der Waals surface area contributed by atoms with Gasteiger partial charge in [-0.25, -0.2) is 13.4 Å². The van der Waals surface area contributed by atoms with E-state index >= 15 is 0 Å². The number of pyridine rings is 1. The predicted molar refractivity (Wildman–Crippen MR) is 106 cm³/mol. The van der Waals surface area contributed by atoms with Crippen LogP contribution in [0.3, 0.4) is 0 Å². The van der Waals surface area contributed by atoms with Gasteiger partial charge in [0.05, 0.1) is 26.2 Å². The lowest BCUT2D eigenvalue weighted by Crippen LogP contribution is -2.16. The molecule has 2 heterocycles. The van der Waals surface area contributed by atoms with Gasteiger partial charge >= 0.3 is 6.18 Å². The maximum atomic E-state index is 13.1. The Labute approximate surface area is 179 Å². The molecule has 0 radical (unpaired) electrons. The predicted octanol–water partition coefficient (Wildman–Crippen LogP) is 5.05. The lowest BCUT2D eigenvalue weighted by atomic mass is 10.2. The molecule has 0 aliphatic rings. The second kappa shape index (κ2) is 8.05. The topological polar surface area (TPSA) is 89.8 Å². The molecule has 0 unspecified atom stereocenters. The SMILES string of the molecule is CC(C)n1cnnc1-c1ncc(Cl)cc1NS(=O)(=O)c1ccc(Cl)c(C(F)(F)F)c1. The van der Waals surface area contributed by atoms with E-state index in [1.54, 1.807) is 4.57 Å². The maximum absolute atomic E-state index is 13.1. The molecule has 0 fully saturated rings. The van der Waals surface area contributed by atoms with Crippen LogP contribution >= 0.6 is 23.2 Å². The largest absolute Gasteiger partial charge is 0.417 e. The first-order valence-electron chi connectivity index (χ1n) is 8.35. The Morgan fingerprint density at radius 2 is 1.87 bits per heavy atom. The van der Waals surface area contributed by atoms with Crippen LogP contribution in [0.1, 0.15) is 25.5 Å². The minimum absolute atomic E-state index is 0.0671. The molecular weight excluding hydrogens is 466 g/mol. The van der Waals surface area contributed by atoms with Gasteiger partial charge in [-0.1, -0.05) is 23.2 Å². The summed E-state index contributed by atoms with van der Waals surface area (Å²) in [6, 6.07) is 3.50. The fourth-order valence-corrected chi connectivity index (χ4v) is 4.04.